The molecule has 0 aliphatic heterocycles. The van der Waals surface area contributed by atoms with Gasteiger partial charge in [-0.3, -0.25) is 10.1 Å². The molecule has 2 aromatic rings. The lowest BCUT2D eigenvalue weighted by atomic mass is 9.94. The summed E-state index contributed by atoms with van der Waals surface area (Å²) in [5, 5.41) is 12.0. The minimum atomic E-state index is -4.82. The molecule has 0 bridgehead atoms. The van der Waals surface area contributed by atoms with Gasteiger partial charge >= 0.3 is 12.4 Å². The number of nitrogens with one attached hydrogen (secondary N) is 1. The minimum Gasteiger partial charge on any atom is -0.364 e. The van der Waals surface area contributed by atoms with E-state index in [1.165, 1.54) is 24.3 Å². The van der Waals surface area contributed by atoms with Gasteiger partial charge in [0.25, 0.3) is 5.78 Å². The second kappa shape index (κ2) is 23.8. The standard InChI is InChI=1S/C14H21F3N2O.C12H13F3O.C2H8N2.4CH4/c1-3-10(2)11-4-6-12(7-5-11)13(20,14(15,16)17)19-9-8-18;1-3-8(2)9-4-6-10(7-5-9)11(16)12(13,14)15;3-1-2-4;;;;/h4-7,10,19-20H,3,8-9,18H2,1-2H3;4-8H,3H2,1-2H3;1-4H2;4*1H4. The zero-order valence-electron chi connectivity index (χ0n) is 23.4. The minimum absolute atomic E-state index is 0. The highest BCUT2D eigenvalue weighted by molar-refractivity contribution is 6.00. The molecule has 3 unspecified atom stereocenters. The summed E-state index contributed by atoms with van der Waals surface area (Å²) in [6.45, 7) is 9.05. The van der Waals surface area contributed by atoms with Gasteiger partial charge in [-0.25, -0.2) is 0 Å². The van der Waals surface area contributed by atoms with Gasteiger partial charge in [-0.2, -0.15) is 26.3 Å². The van der Waals surface area contributed by atoms with Crippen LogP contribution < -0.4 is 22.5 Å². The van der Waals surface area contributed by atoms with Crippen LogP contribution in [0.1, 0.15) is 109 Å². The SMILES string of the molecule is C.C.C.C.CCC(C)c1ccc(C(=O)C(F)(F)F)cc1.CCC(C)c1ccc(C(O)(NCCN)C(F)(F)F)cc1.NCCN. The molecule has 0 fully saturated rings. The summed E-state index contributed by atoms with van der Waals surface area (Å²) in [5.41, 5.74) is 13.3. The first-order chi connectivity index (χ1) is 18.5. The van der Waals surface area contributed by atoms with E-state index in [2.05, 4.69) is 5.32 Å². The molecule has 0 aliphatic rings. The van der Waals surface area contributed by atoms with E-state index in [1.54, 1.807) is 24.3 Å². The first-order valence-corrected chi connectivity index (χ1v) is 13.0. The van der Waals surface area contributed by atoms with Crippen molar-refractivity contribution in [2.45, 2.75) is 100 Å². The van der Waals surface area contributed by atoms with Crippen LogP contribution in [-0.4, -0.2) is 49.4 Å². The van der Waals surface area contributed by atoms with Crippen molar-refractivity contribution in [3.63, 3.8) is 0 Å². The first kappa shape index (κ1) is 51.1. The largest absolute Gasteiger partial charge is 0.454 e. The molecule has 44 heavy (non-hydrogen) atoms. The number of alkyl halides is 6. The molecule has 0 aliphatic carbocycles. The molecule has 2 aromatic carbocycles. The molecule has 3 atom stereocenters. The molecule has 6 nitrogen and oxygen atoms in total. The van der Waals surface area contributed by atoms with E-state index >= 15 is 0 Å². The number of hydrogen-bond acceptors (Lipinski definition) is 6. The van der Waals surface area contributed by atoms with E-state index in [0.29, 0.717) is 13.1 Å². The fourth-order valence-electron chi connectivity index (χ4n) is 3.27. The summed E-state index contributed by atoms with van der Waals surface area (Å²) in [6.07, 6.45) is -7.81. The number of halogens is 6. The third-order valence-electron chi connectivity index (χ3n) is 6.22. The Labute approximate surface area is 261 Å². The molecule has 2 rings (SSSR count). The number of carbonyl (C=O) groups is 1. The molecule has 260 valence electrons. The molecule has 0 spiro atoms. The Hall–Kier alpha value is -2.51. The third-order valence-corrected chi connectivity index (χ3v) is 6.22. The molecule has 12 heteroatoms. The lowest BCUT2D eigenvalue weighted by Gasteiger charge is -2.32. The van der Waals surface area contributed by atoms with Crippen LogP contribution in [0.5, 0.6) is 0 Å². The van der Waals surface area contributed by atoms with Crippen LogP contribution in [0.25, 0.3) is 0 Å². The van der Waals surface area contributed by atoms with Crippen LogP contribution in [0.2, 0.25) is 0 Å². The third kappa shape index (κ3) is 16.0. The molecule has 0 aromatic heterocycles. The quantitative estimate of drug-likeness (QED) is 0.102. The van der Waals surface area contributed by atoms with Crippen molar-refractivity contribution in [1.29, 1.82) is 0 Å². The van der Waals surface area contributed by atoms with Crippen LogP contribution in [-0.2, 0) is 5.72 Å². The van der Waals surface area contributed by atoms with Crippen LogP contribution in [0.15, 0.2) is 48.5 Å². The Morgan fingerprint density at radius 2 is 1.09 bits per heavy atom. The molecule has 0 saturated heterocycles. The Kier molecular flexibility index (Phi) is 27.7. The molecule has 8 N–H and O–H groups in total. The maximum atomic E-state index is 13.1. The van der Waals surface area contributed by atoms with E-state index < -0.39 is 23.9 Å². The van der Waals surface area contributed by atoms with E-state index in [1.807, 2.05) is 27.7 Å². The van der Waals surface area contributed by atoms with Gasteiger partial charge in [-0.05, 0) is 35.8 Å². The highest BCUT2D eigenvalue weighted by atomic mass is 19.4. The Morgan fingerprint density at radius 1 is 0.727 bits per heavy atom. The van der Waals surface area contributed by atoms with Gasteiger partial charge in [0.2, 0.25) is 5.72 Å². The van der Waals surface area contributed by atoms with Gasteiger partial charge in [-0.1, -0.05) is 106 Å². The fraction of sp³-hybridized carbons (Fsp3) is 0.594. The summed E-state index contributed by atoms with van der Waals surface area (Å²) in [6, 6.07) is 11.5. The van der Waals surface area contributed by atoms with Gasteiger partial charge < -0.3 is 22.3 Å². The van der Waals surface area contributed by atoms with Crippen molar-refractivity contribution >= 4 is 5.78 Å². The molecule has 0 amide bonds. The van der Waals surface area contributed by atoms with Crippen LogP contribution in [0.4, 0.5) is 26.3 Å². The van der Waals surface area contributed by atoms with Crippen LogP contribution >= 0.6 is 0 Å². The predicted octanol–water partition coefficient (Wildman–Crippen LogP) is 7.85. The molecule has 0 saturated carbocycles. The van der Waals surface area contributed by atoms with E-state index in [-0.39, 0.29) is 65.8 Å². The normalized spacial score (nSPS) is 13.2. The van der Waals surface area contributed by atoms with Gasteiger partial charge in [0.05, 0.1) is 0 Å². The first-order valence-electron chi connectivity index (χ1n) is 13.0. The maximum absolute atomic E-state index is 13.1. The van der Waals surface area contributed by atoms with Crippen molar-refractivity contribution in [3.05, 3.63) is 70.8 Å². The highest BCUT2D eigenvalue weighted by Crippen LogP contribution is 2.37. The van der Waals surface area contributed by atoms with Gasteiger partial charge in [-0.15, -0.1) is 0 Å². The zero-order valence-corrected chi connectivity index (χ0v) is 23.4. The van der Waals surface area contributed by atoms with Crippen molar-refractivity contribution in [2.24, 2.45) is 17.2 Å². The van der Waals surface area contributed by atoms with Gasteiger partial charge in [0.1, 0.15) is 0 Å². The summed E-state index contributed by atoms with van der Waals surface area (Å²) in [7, 11) is 0. The molecular weight excluding hydrogens is 586 g/mol. The van der Waals surface area contributed by atoms with Crippen LogP contribution in [0.3, 0.4) is 0 Å². The number of hydrogen-bond donors (Lipinski definition) is 5. The van der Waals surface area contributed by atoms with Crippen molar-refractivity contribution in [1.82, 2.24) is 5.32 Å². The highest BCUT2D eigenvalue weighted by Gasteiger charge is 2.54. The van der Waals surface area contributed by atoms with Crippen LogP contribution in [0, 0.1) is 0 Å². The van der Waals surface area contributed by atoms with E-state index in [9.17, 15) is 36.2 Å². The lowest BCUT2D eigenvalue weighted by Crippen LogP contribution is -2.55. The maximum Gasteiger partial charge on any atom is 0.454 e. The average Bonchev–Trinajstić information content (AvgIpc) is 2.94. The van der Waals surface area contributed by atoms with Crippen molar-refractivity contribution in [3.8, 4) is 0 Å². The average molecular weight is 645 g/mol. The number of nitrogens with two attached hydrogens (primary N) is 3. The van der Waals surface area contributed by atoms with E-state index in [0.717, 1.165) is 24.0 Å². The second-order valence-electron chi connectivity index (χ2n) is 9.19. The predicted molar refractivity (Wildman–Crippen MR) is 173 cm³/mol. The number of benzene rings is 2. The lowest BCUT2D eigenvalue weighted by molar-refractivity contribution is -0.279. The summed E-state index contributed by atoms with van der Waals surface area (Å²) in [5.74, 6) is -1.24. The second-order valence-corrected chi connectivity index (χ2v) is 9.19. The Bertz CT molecular complexity index is 982. The van der Waals surface area contributed by atoms with Gasteiger partial charge in [0.15, 0.2) is 0 Å². The number of rotatable bonds is 10. The monoisotopic (exact) mass is 644 g/mol. The Morgan fingerprint density at radius 3 is 1.36 bits per heavy atom. The topological polar surface area (TPSA) is 127 Å². The summed E-state index contributed by atoms with van der Waals surface area (Å²) in [4.78, 5) is 10.9. The summed E-state index contributed by atoms with van der Waals surface area (Å²) >= 11 is 0. The van der Waals surface area contributed by atoms with Crippen molar-refractivity contribution in [2.75, 3.05) is 26.2 Å². The van der Waals surface area contributed by atoms with Crippen molar-refractivity contribution < 1.29 is 36.2 Å². The number of aliphatic hydroxyl groups is 1. The van der Waals surface area contributed by atoms with Gasteiger partial charge in [0, 0.05) is 37.3 Å². The number of Topliss-reactive ketones (excluding diaryl/α,β-unsaturated/α-hetero) is 1. The molecular formula is C32H58F6N4O2. The fourth-order valence-corrected chi connectivity index (χ4v) is 3.27. The Balaban J connectivity index is -0.000000192. The zero-order chi connectivity index (χ0) is 31.1. The summed E-state index contributed by atoms with van der Waals surface area (Å²) < 4.78 is 75.6. The molecule has 0 heterocycles. The molecule has 0 radical (unpaired) electrons. The van der Waals surface area contributed by atoms with E-state index in [4.69, 9.17) is 17.2 Å². The number of ketones is 1. The number of carbonyl (C=O) groups excluding carboxylic acids is 1. The smallest absolute Gasteiger partial charge is 0.364 e.